The first-order valence-corrected chi connectivity index (χ1v) is 11.4. The summed E-state index contributed by atoms with van der Waals surface area (Å²) in [5.41, 5.74) is 1.37. The molecule has 1 aliphatic rings. The lowest BCUT2D eigenvalue weighted by Crippen LogP contribution is -2.18. The van der Waals surface area contributed by atoms with E-state index in [0.29, 0.717) is 50.3 Å². The topological polar surface area (TPSA) is 58.6 Å². The Labute approximate surface area is 188 Å². The van der Waals surface area contributed by atoms with E-state index in [4.69, 9.17) is 9.84 Å². The van der Waals surface area contributed by atoms with Crippen molar-refractivity contribution in [2.45, 2.75) is 37.9 Å². The number of halogens is 3. The van der Waals surface area contributed by atoms with Crippen LogP contribution in [-0.4, -0.2) is 30.8 Å². The van der Waals surface area contributed by atoms with Gasteiger partial charge in [0.15, 0.2) is 0 Å². The van der Waals surface area contributed by atoms with Gasteiger partial charge in [-0.1, -0.05) is 18.2 Å². The number of alkyl halides is 3. The fraction of sp³-hybridized carbons (Fsp3) is 0.375. The molecule has 170 valence electrons. The number of fused-ring (bicyclic) bond motifs is 1. The molecule has 2 heterocycles. The van der Waals surface area contributed by atoms with E-state index >= 15 is 0 Å². The average molecular weight is 464 g/mol. The van der Waals surface area contributed by atoms with Crippen molar-refractivity contribution >= 4 is 27.4 Å². The zero-order valence-electron chi connectivity index (χ0n) is 17.4. The van der Waals surface area contributed by atoms with E-state index in [-0.39, 0.29) is 12.3 Å². The summed E-state index contributed by atoms with van der Waals surface area (Å²) in [7, 11) is 0. The summed E-state index contributed by atoms with van der Waals surface area (Å²) >= 11 is 1.47. The molecule has 4 nitrogen and oxygen atoms in total. The second-order valence-electron chi connectivity index (χ2n) is 7.99. The van der Waals surface area contributed by atoms with Crippen molar-refractivity contribution in [3.8, 4) is 10.4 Å². The number of hydrogen-bond donors (Lipinski definition) is 2. The maximum Gasteiger partial charge on any atom is 0.416 e. The highest BCUT2D eigenvalue weighted by molar-refractivity contribution is 7.22. The van der Waals surface area contributed by atoms with Crippen LogP contribution in [0.15, 0.2) is 42.5 Å². The molecule has 0 unspecified atom stereocenters. The molecule has 1 aliphatic heterocycles. The average Bonchev–Trinajstić information content (AvgIpc) is 3.20. The molecule has 0 amide bonds. The number of carbonyl (C=O) groups is 1. The smallest absolute Gasteiger partial charge is 0.416 e. The standard InChI is InChI=1S/C24H24F3NO3S/c25-24(26,27)20-12-17(2-3-19(20)16-6-9-31-10-7-16)22-13-18-11-15(1-4-21(18)32-22)14-28-8-5-23(29)30/h1-4,11-13,16,28H,5-10,14H2,(H,29,30). The molecule has 8 heteroatoms. The van der Waals surface area contributed by atoms with Crippen LogP contribution in [0.3, 0.4) is 0 Å². The molecule has 32 heavy (non-hydrogen) atoms. The van der Waals surface area contributed by atoms with Gasteiger partial charge in [-0.2, -0.15) is 13.2 Å². The number of aliphatic carboxylic acids is 1. The summed E-state index contributed by atoms with van der Waals surface area (Å²) < 4.78 is 48.0. The van der Waals surface area contributed by atoms with Gasteiger partial charge in [0, 0.05) is 35.9 Å². The lowest BCUT2D eigenvalue weighted by atomic mass is 9.87. The summed E-state index contributed by atoms with van der Waals surface area (Å²) in [4.78, 5) is 11.4. The molecule has 1 saturated heterocycles. The number of hydrogen-bond acceptors (Lipinski definition) is 4. The van der Waals surface area contributed by atoms with Crippen molar-refractivity contribution in [3.63, 3.8) is 0 Å². The summed E-state index contributed by atoms with van der Waals surface area (Å²) in [6.45, 7) is 1.90. The van der Waals surface area contributed by atoms with Crippen molar-refractivity contribution in [1.29, 1.82) is 0 Å². The van der Waals surface area contributed by atoms with Crippen LogP contribution in [-0.2, 0) is 22.3 Å². The Morgan fingerprint density at radius 2 is 1.91 bits per heavy atom. The lowest BCUT2D eigenvalue weighted by Gasteiger charge is -2.25. The van der Waals surface area contributed by atoms with E-state index in [1.165, 1.54) is 17.4 Å². The van der Waals surface area contributed by atoms with Crippen molar-refractivity contribution in [2.24, 2.45) is 0 Å². The van der Waals surface area contributed by atoms with E-state index in [1.807, 2.05) is 24.3 Å². The highest BCUT2D eigenvalue weighted by Gasteiger charge is 2.36. The highest BCUT2D eigenvalue weighted by Crippen LogP contribution is 2.42. The molecule has 1 fully saturated rings. The van der Waals surface area contributed by atoms with E-state index in [0.717, 1.165) is 20.5 Å². The molecule has 0 radical (unpaired) electrons. The van der Waals surface area contributed by atoms with Gasteiger partial charge in [-0.05, 0) is 65.1 Å². The van der Waals surface area contributed by atoms with Gasteiger partial charge in [-0.15, -0.1) is 11.3 Å². The molecule has 0 saturated carbocycles. The second-order valence-corrected chi connectivity index (χ2v) is 9.07. The molecule has 0 aliphatic carbocycles. The Morgan fingerprint density at radius 3 is 2.62 bits per heavy atom. The third-order valence-corrected chi connectivity index (χ3v) is 6.89. The number of nitrogens with one attached hydrogen (secondary N) is 1. The van der Waals surface area contributed by atoms with Gasteiger partial charge in [0.1, 0.15) is 0 Å². The lowest BCUT2D eigenvalue weighted by molar-refractivity contribution is -0.139. The van der Waals surface area contributed by atoms with Gasteiger partial charge in [-0.25, -0.2) is 0 Å². The second kappa shape index (κ2) is 9.60. The zero-order valence-corrected chi connectivity index (χ0v) is 18.2. The molecule has 2 N–H and O–H groups in total. The summed E-state index contributed by atoms with van der Waals surface area (Å²) in [6, 6.07) is 12.5. The Kier molecular flexibility index (Phi) is 6.83. The predicted molar refractivity (Wildman–Crippen MR) is 119 cm³/mol. The summed E-state index contributed by atoms with van der Waals surface area (Å²) in [5, 5.41) is 12.8. The van der Waals surface area contributed by atoms with Crippen LogP contribution < -0.4 is 5.32 Å². The van der Waals surface area contributed by atoms with Crippen molar-refractivity contribution in [1.82, 2.24) is 5.32 Å². The number of benzene rings is 2. The molecule has 2 aromatic carbocycles. The van der Waals surface area contributed by atoms with Gasteiger partial charge < -0.3 is 15.2 Å². The number of carboxylic acids is 1. The normalized spacial score (nSPS) is 15.3. The van der Waals surface area contributed by atoms with Crippen LogP contribution in [0.2, 0.25) is 0 Å². The molecular weight excluding hydrogens is 439 g/mol. The fourth-order valence-electron chi connectivity index (χ4n) is 4.09. The Balaban J connectivity index is 1.59. The zero-order chi connectivity index (χ0) is 22.7. The van der Waals surface area contributed by atoms with Crippen LogP contribution >= 0.6 is 11.3 Å². The van der Waals surface area contributed by atoms with Gasteiger partial charge in [0.25, 0.3) is 0 Å². The quantitative estimate of drug-likeness (QED) is 0.419. The van der Waals surface area contributed by atoms with E-state index in [1.54, 1.807) is 12.1 Å². The van der Waals surface area contributed by atoms with Gasteiger partial charge >= 0.3 is 12.1 Å². The molecule has 0 atom stereocenters. The summed E-state index contributed by atoms with van der Waals surface area (Å²) in [5.74, 6) is -0.982. The minimum absolute atomic E-state index is 0.0518. The molecule has 0 spiro atoms. The number of thiophene rings is 1. The predicted octanol–water partition coefficient (Wildman–Crippen LogP) is 6.05. The fourth-order valence-corrected chi connectivity index (χ4v) is 5.13. The first-order valence-electron chi connectivity index (χ1n) is 10.6. The van der Waals surface area contributed by atoms with Gasteiger partial charge in [0.2, 0.25) is 0 Å². The van der Waals surface area contributed by atoms with Crippen molar-refractivity contribution in [2.75, 3.05) is 19.8 Å². The molecule has 4 rings (SSSR count). The third kappa shape index (κ3) is 5.31. The van der Waals surface area contributed by atoms with Gasteiger partial charge in [-0.3, -0.25) is 4.79 Å². The van der Waals surface area contributed by atoms with Crippen LogP contribution in [0, 0.1) is 0 Å². The Bertz CT molecular complexity index is 1100. The number of rotatable bonds is 7. The first kappa shape index (κ1) is 22.8. The summed E-state index contributed by atoms with van der Waals surface area (Å²) in [6.07, 6.45) is -3.14. The highest BCUT2D eigenvalue weighted by atomic mass is 32.1. The Morgan fingerprint density at radius 1 is 1.12 bits per heavy atom. The maximum atomic E-state index is 13.9. The van der Waals surface area contributed by atoms with Crippen LogP contribution in [0.4, 0.5) is 13.2 Å². The van der Waals surface area contributed by atoms with Crippen molar-refractivity contribution in [3.05, 3.63) is 59.2 Å². The van der Waals surface area contributed by atoms with E-state index in [9.17, 15) is 18.0 Å². The third-order valence-electron chi connectivity index (χ3n) is 5.73. The monoisotopic (exact) mass is 463 g/mol. The van der Waals surface area contributed by atoms with E-state index in [2.05, 4.69) is 5.32 Å². The van der Waals surface area contributed by atoms with Crippen LogP contribution in [0.1, 0.15) is 41.9 Å². The van der Waals surface area contributed by atoms with Crippen molar-refractivity contribution < 1.29 is 27.8 Å². The minimum Gasteiger partial charge on any atom is -0.481 e. The van der Waals surface area contributed by atoms with Gasteiger partial charge in [0.05, 0.1) is 12.0 Å². The molecule has 3 aromatic rings. The SMILES string of the molecule is O=C(O)CCNCc1ccc2sc(-c3ccc(C4CCOCC4)c(C(F)(F)F)c3)cc2c1. The Hall–Kier alpha value is -2.42. The molecular formula is C24H24F3NO3S. The van der Waals surface area contributed by atoms with E-state index < -0.39 is 17.7 Å². The van der Waals surface area contributed by atoms with Crippen LogP contribution in [0.25, 0.3) is 20.5 Å². The number of ether oxygens (including phenoxy) is 1. The largest absolute Gasteiger partial charge is 0.481 e. The first-order chi connectivity index (χ1) is 15.3. The van der Waals surface area contributed by atoms with Crippen LogP contribution in [0.5, 0.6) is 0 Å². The molecule has 0 bridgehead atoms. The maximum absolute atomic E-state index is 13.9. The molecule has 1 aromatic heterocycles. The number of carboxylic acid groups (broad SMARTS) is 1. The minimum atomic E-state index is -4.41.